The van der Waals surface area contributed by atoms with Crippen molar-refractivity contribution in [3.8, 4) is 12.3 Å². The normalized spacial score (nSPS) is 23.0. The summed E-state index contributed by atoms with van der Waals surface area (Å²) < 4.78 is -0.547. The van der Waals surface area contributed by atoms with Gasteiger partial charge in [0.05, 0.1) is 6.54 Å². The standard InChI is InChI=1S/C8H10Cl2N2S/c1-2-3-11-7(13)12-5-6-4-8(6,9)10/h1,6H,3-5H2,(H2,11,12,13). The first-order valence-electron chi connectivity index (χ1n) is 3.89. The molecule has 0 bridgehead atoms. The average Bonchev–Trinajstić information content (AvgIpc) is 2.67. The molecule has 0 aromatic carbocycles. The lowest BCUT2D eigenvalue weighted by molar-refractivity contribution is 0.753. The molecule has 0 aromatic heterocycles. The molecule has 0 saturated heterocycles. The molecule has 0 amide bonds. The van der Waals surface area contributed by atoms with Gasteiger partial charge in [0.25, 0.3) is 0 Å². The molecule has 1 rings (SSSR count). The third-order valence-corrected chi connectivity index (χ3v) is 3.03. The summed E-state index contributed by atoms with van der Waals surface area (Å²) in [4.78, 5) is 0. The highest BCUT2D eigenvalue weighted by atomic mass is 35.5. The van der Waals surface area contributed by atoms with Gasteiger partial charge >= 0.3 is 0 Å². The lowest BCUT2D eigenvalue weighted by Gasteiger charge is -2.07. The highest BCUT2D eigenvalue weighted by molar-refractivity contribution is 7.80. The van der Waals surface area contributed by atoms with Crippen molar-refractivity contribution < 1.29 is 0 Å². The summed E-state index contributed by atoms with van der Waals surface area (Å²) in [6.45, 7) is 1.13. The summed E-state index contributed by atoms with van der Waals surface area (Å²) in [6.07, 6.45) is 5.87. The Morgan fingerprint density at radius 1 is 1.62 bits per heavy atom. The molecular weight excluding hydrogens is 227 g/mol. The van der Waals surface area contributed by atoms with Gasteiger partial charge in [-0.3, -0.25) is 0 Å². The molecule has 1 aliphatic carbocycles. The van der Waals surface area contributed by atoms with Gasteiger partial charge < -0.3 is 10.6 Å². The largest absolute Gasteiger partial charge is 0.362 e. The Labute approximate surface area is 93.4 Å². The summed E-state index contributed by atoms with van der Waals surface area (Å²) in [6, 6.07) is 0. The Morgan fingerprint density at radius 3 is 2.69 bits per heavy atom. The maximum atomic E-state index is 5.82. The molecule has 1 saturated carbocycles. The summed E-state index contributed by atoms with van der Waals surface area (Å²) in [5, 5.41) is 6.38. The first-order valence-corrected chi connectivity index (χ1v) is 5.05. The number of hydrogen-bond donors (Lipinski definition) is 2. The van der Waals surface area contributed by atoms with Crippen LogP contribution in [-0.2, 0) is 0 Å². The maximum absolute atomic E-state index is 5.82. The summed E-state index contributed by atoms with van der Waals surface area (Å²) >= 11 is 16.6. The highest BCUT2D eigenvalue weighted by Crippen LogP contribution is 2.52. The number of hydrogen-bond acceptors (Lipinski definition) is 1. The molecule has 1 unspecified atom stereocenters. The zero-order valence-corrected chi connectivity index (χ0v) is 9.27. The predicted molar refractivity (Wildman–Crippen MR) is 60.0 cm³/mol. The van der Waals surface area contributed by atoms with E-state index in [0.717, 1.165) is 6.42 Å². The zero-order valence-electron chi connectivity index (χ0n) is 6.94. The zero-order chi connectivity index (χ0) is 9.90. The Bertz CT molecular complexity index is 247. The van der Waals surface area contributed by atoms with Crippen LogP contribution < -0.4 is 10.6 Å². The minimum Gasteiger partial charge on any atom is -0.362 e. The van der Waals surface area contributed by atoms with Crippen molar-refractivity contribution in [2.24, 2.45) is 5.92 Å². The van der Waals surface area contributed by atoms with Crippen LogP contribution in [0.4, 0.5) is 0 Å². The molecule has 0 aliphatic heterocycles. The number of rotatable bonds is 3. The molecule has 5 heteroatoms. The summed E-state index contributed by atoms with van der Waals surface area (Å²) in [5.41, 5.74) is 0. The van der Waals surface area contributed by atoms with E-state index < -0.39 is 4.33 Å². The number of halogens is 2. The first kappa shape index (κ1) is 10.9. The van der Waals surface area contributed by atoms with Crippen molar-refractivity contribution >= 4 is 40.5 Å². The molecule has 72 valence electrons. The van der Waals surface area contributed by atoms with Gasteiger partial charge in [-0.1, -0.05) is 5.92 Å². The van der Waals surface area contributed by atoms with Crippen LogP contribution in [0.2, 0.25) is 0 Å². The van der Waals surface area contributed by atoms with Crippen LogP contribution in [0.3, 0.4) is 0 Å². The van der Waals surface area contributed by atoms with E-state index in [-0.39, 0.29) is 0 Å². The van der Waals surface area contributed by atoms with Gasteiger partial charge in [0.1, 0.15) is 4.33 Å². The van der Waals surface area contributed by atoms with Crippen LogP contribution in [0.5, 0.6) is 0 Å². The number of thiocarbonyl (C=S) groups is 1. The van der Waals surface area contributed by atoms with Crippen molar-refractivity contribution in [1.29, 1.82) is 0 Å². The van der Waals surface area contributed by atoms with Gasteiger partial charge in [-0.15, -0.1) is 29.6 Å². The van der Waals surface area contributed by atoms with Crippen LogP contribution in [0.1, 0.15) is 6.42 Å². The molecule has 0 radical (unpaired) electrons. The van der Waals surface area contributed by atoms with Gasteiger partial charge in [-0.25, -0.2) is 0 Å². The van der Waals surface area contributed by atoms with Crippen molar-refractivity contribution in [3.63, 3.8) is 0 Å². The fraction of sp³-hybridized carbons (Fsp3) is 0.625. The van der Waals surface area contributed by atoms with E-state index in [1.807, 2.05) is 0 Å². The van der Waals surface area contributed by atoms with Crippen LogP contribution in [0, 0.1) is 18.3 Å². The highest BCUT2D eigenvalue weighted by Gasteiger charge is 2.51. The van der Waals surface area contributed by atoms with Crippen molar-refractivity contribution in [3.05, 3.63) is 0 Å². The number of alkyl halides is 2. The van der Waals surface area contributed by atoms with Gasteiger partial charge in [0.15, 0.2) is 5.11 Å². The molecule has 1 fully saturated rings. The fourth-order valence-electron chi connectivity index (χ4n) is 0.901. The minimum atomic E-state index is -0.547. The first-order chi connectivity index (χ1) is 6.06. The van der Waals surface area contributed by atoms with Crippen molar-refractivity contribution in [2.75, 3.05) is 13.1 Å². The van der Waals surface area contributed by atoms with Gasteiger partial charge in [-0.2, -0.15) is 0 Å². The molecule has 2 N–H and O–H groups in total. The van der Waals surface area contributed by atoms with Crippen LogP contribution in [0.25, 0.3) is 0 Å². The fourth-order valence-corrected chi connectivity index (χ4v) is 1.58. The molecule has 1 atom stereocenters. The molecule has 0 aromatic rings. The summed E-state index contributed by atoms with van der Waals surface area (Å²) in [5.74, 6) is 2.72. The van der Waals surface area contributed by atoms with E-state index >= 15 is 0 Å². The predicted octanol–water partition coefficient (Wildman–Crippen LogP) is 1.28. The van der Waals surface area contributed by atoms with Gasteiger partial charge in [-0.05, 0) is 18.6 Å². The van der Waals surface area contributed by atoms with Crippen molar-refractivity contribution in [2.45, 2.75) is 10.8 Å². The smallest absolute Gasteiger partial charge is 0.167 e. The minimum absolute atomic E-state index is 0.293. The van der Waals surface area contributed by atoms with E-state index in [1.165, 1.54) is 0 Å². The van der Waals surface area contributed by atoms with Crippen LogP contribution in [0.15, 0.2) is 0 Å². The van der Waals surface area contributed by atoms with E-state index in [9.17, 15) is 0 Å². The number of nitrogens with one attached hydrogen (secondary N) is 2. The number of terminal acetylenes is 1. The molecular formula is C8H10Cl2N2S. The Morgan fingerprint density at radius 2 is 2.23 bits per heavy atom. The second-order valence-corrected chi connectivity index (χ2v) is 4.88. The van der Waals surface area contributed by atoms with Crippen molar-refractivity contribution in [1.82, 2.24) is 10.6 Å². The second-order valence-electron chi connectivity index (χ2n) is 2.93. The van der Waals surface area contributed by atoms with E-state index in [1.54, 1.807) is 0 Å². The maximum Gasteiger partial charge on any atom is 0.167 e. The molecule has 1 aliphatic rings. The van der Waals surface area contributed by atoms with E-state index in [4.69, 9.17) is 41.8 Å². The summed E-state index contributed by atoms with van der Waals surface area (Å²) in [7, 11) is 0. The Balaban J connectivity index is 2.07. The SMILES string of the molecule is C#CCNC(=S)NCC1CC1(Cl)Cl. The molecule has 0 spiro atoms. The monoisotopic (exact) mass is 236 g/mol. The third-order valence-electron chi connectivity index (χ3n) is 1.82. The molecule has 2 nitrogen and oxygen atoms in total. The Kier molecular flexibility index (Phi) is 3.66. The van der Waals surface area contributed by atoms with Crippen LogP contribution in [-0.4, -0.2) is 22.5 Å². The average molecular weight is 237 g/mol. The van der Waals surface area contributed by atoms with Gasteiger partial charge in [0, 0.05) is 12.5 Å². The second kappa shape index (κ2) is 4.36. The van der Waals surface area contributed by atoms with E-state index in [0.29, 0.717) is 24.1 Å². The Hall–Kier alpha value is -0.170. The molecule has 13 heavy (non-hydrogen) atoms. The van der Waals surface area contributed by atoms with Gasteiger partial charge in [0.2, 0.25) is 0 Å². The lowest BCUT2D eigenvalue weighted by atomic mass is 10.4. The van der Waals surface area contributed by atoms with Crippen LogP contribution >= 0.6 is 35.4 Å². The third kappa shape index (κ3) is 3.60. The quantitative estimate of drug-likeness (QED) is 0.439. The topological polar surface area (TPSA) is 24.1 Å². The lowest BCUT2D eigenvalue weighted by Crippen LogP contribution is -2.36. The molecule has 0 heterocycles. The van der Waals surface area contributed by atoms with E-state index in [2.05, 4.69) is 16.6 Å².